The van der Waals surface area contributed by atoms with E-state index in [4.69, 9.17) is 10.00 Å². The van der Waals surface area contributed by atoms with Gasteiger partial charge in [0.2, 0.25) is 5.91 Å². The molecule has 158 valence electrons. The van der Waals surface area contributed by atoms with Gasteiger partial charge in [-0.25, -0.2) is 0 Å². The Hall–Kier alpha value is -1.90. The van der Waals surface area contributed by atoms with Crippen LogP contribution in [0.15, 0.2) is 29.3 Å². The molecular formula is C20H29IN6O2. The molecule has 1 N–H and O–H groups in total. The van der Waals surface area contributed by atoms with Gasteiger partial charge in [0.25, 0.3) is 0 Å². The minimum atomic E-state index is 0. The number of hydrogen-bond donors (Lipinski definition) is 1. The van der Waals surface area contributed by atoms with Crippen LogP contribution in [0.1, 0.15) is 11.1 Å². The Morgan fingerprint density at radius 2 is 1.76 bits per heavy atom. The fraction of sp³-hybridized carbons (Fsp3) is 0.550. The lowest BCUT2D eigenvalue weighted by Gasteiger charge is -2.37. The number of nitrogens with one attached hydrogen (secondary N) is 1. The van der Waals surface area contributed by atoms with Gasteiger partial charge in [-0.3, -0.25) is 14.7 Å². The zero-order chi connectivity index (χ0) is 19.8. The Labute approximate surface area is 189 Å². The molecule has 0 aliphatic carbocycles. The Balaban J connectivity index is 0.00000300. The van der Waals surface area contributed by atoms with Crippen LogP contribution < -0.4 is 5.32 Å². The zero-order valence-corrected chi connectivity index (χ0v) is 19.2. The third-order valence-electron chi connectivity index (χ3n) is 5.14. The highest BCUT2D eigenvalue weighted by molar-refractivity contribution is 14.0. The van der Waals surface area contributed by atoms with Crippen molar-refractivity contribution in [3.63, 3.8) is 0 Å². The topological polar surface area (TPSA) is 84.2 Å². The first-order valence-corrected chi connectivity index (χ1v) is 9.72. The number of amides is 1. The zero-order valence-electron chi connectivity index (χ0n) is 16.8. The van der Waals surface area contributed by atoms with Crippen molar-refractivity contribution in [1.29, 1.82) is 5.26 Å². The lowest BCUT2D eigenvalue weighted by molar-refractivity contribution is -0.136. The molecule has 3 rings (SSSR count). The fourth-order valence-corrected chi connectivity index (χ4v) is 3.43. The summed E-state index contributed by atoms with van der Waals surface area (Å²) in [4.78, 5) is 23.1. The van der Waals surface area contributed by atoms with Crippen LogP contribution in [0.4, 0.5) is 0 Å². The second-order valence-corrected chi connectivity index (χ2v) is 6.97. The highest BCUT2D eigenvalue weighted by atomic mass is 127. The van der Waals surface area contributed by atoms with Gasteiger partial charge in [-0.05, 0) is 17.7 Å². The number of nitrogens with zero attached hydrogens (tertiary/aromatic N) is 5. The van der Waals surface area contributed by atoms with Gasteiger partial charge in [0.15, 0.2) is 5.96 Å². The third-order valence-corrected chi connectivity index (χ3v) is 5.14. The average molecular weight is 512 g/mol. The molecule has 0 bridgehead atoms. The normalized spacial score (nSPS) is 18.0. The summed E-state index contributed by atoms with van der Waals surface area (Å²) in [6.45, 7) is 7.17. The minimum Gasteiger partial charge on any atom is -0.378 e. The molecule has 0 unspecified atom stereocenters. The van der Waals surface area contributed by atoms with E-state index in [1.807, 2.05) is 29.2 Å². The van der Waals surface area contributed by atoms with Gasteiger partial charge in [-0.2, -0.15) is 5.26 Å². The van der Waals surface area contributed by atoms with Crippen LogP contribution in [0.25, 0.3) is 0 Å². The maximum atomic E-state index is 12.4. The van der Waals surface area contributed by atoms with Crippen molar-refractivity contribution >= 4 is 35.8 Å². The van der Waals surface area contributed by atoms with Crippen molar-refractivity contribution in [1.82, 2.24) is 20.0 Å². The number of carbonyl (C=O) groups excluding carboxylic acids is 1. The highest BCUT2D eigenvalue weighted by Gasteiger charge is 2.24. The number of aliphatic imine (C=N–C) groups is 1. The fourth-order valence-electron chi connectivity index (χ4n) is 3.43. The van der Waals surface area contributed by atoms with E-state index in [1.54, 1.807) is 7.05 Å². The van der Waals surface area contributed by atoms with Gasteiger partial charge in [-0.1, -0.05) is 12.1 Å². The maximum Gasteiger partial charge on any atom is 0.236 e. The van der Waals surface area contributed by atoms with Crippen LogP contribution in [-0.4, -0.2) is 92.6 Å². The van der Waals surface area contributed by atoms with Crippen molar-refractivity contribution in [3.05, 3.63) is 35.4 Å². The van der Waals surface area contributed by atoms with E-state index in [0.29, 0.717) is 45.0 Å². The lowest BCUT2D eigenvalue weighted by atomic mass is 10.1. The van der Waals surface area contributed by atoms with E-state index in [9.17, 15) is 4.79 Å². The highest BCUT2D eigenvalue weighted by Crippen LogP contribution is 2.07. The molecule has 8 nitrogen and oxygen atoms in total. The van der Waals surface area contributed by atoms with Crippen LogP contribution in [0.2, 0.25) is 0 Å². The molecule has 1 amide bonds. The number of morpholine rings is 1. The summed E-state index contributed by atoms with van der Waals surface area (Å²) < 4.78 is 5.31. The molecule has 2 aliphatic heterocycles. The van der Waals surface area contributed by atoms with Gasteiger partial charge in [0.05, 0.1) is 31.4 Å². The predicted molar refractivity (Wildman–Crippen MR) is 122 cm³/mol. The molecule has 2 heterocycles. The first-order valence-electron chi connectivity index (χ1n) is 9.72. The minimum absolute atomic E-state index is 0. The van der Waals surface area contributed by atoms with Gasteiger partial charge in [0, 0.05) is 52.9 Å². The van der Waals surface area contributed by atoms with Crippen LogP contribution in [-0.2, 0) is 16.1 Å². The second-order valence-electron chi connectivity index (χ2n) is 6.97. The van der Waals surface area contributed by atoms with Crippen molar-refractivity contribution in [2.24, 2.45) is 4.99 Å². The number of benzene rings is 1. The quantitative estimate of drug-likeness (QED) is 0.364. The van der Waals surface area contributed by atoms with Gasteiger partial charge >= 0.3 is 0 Å². The summed E-state index contributed by atoms with van der Waals surface area (Å²) in [6.07, 6.45) is 0. The van der Waals surface area contributed by atoms with E-state index in [0.717, 1.165) is 37.7 Å². The molecule has 0 saturated carbocycles. The molecule has 9 heteroatoms. The monoisotopic (exact) mass is 512 g/mol. The number of nitriles is 1. The Morgan fingerprint density at radius 1 is 1.10 bits per heavy atom. The second kappa shape index (κ2) is 11.9. The third kappa shape index (κ3) is 6.83. The van der Waals surface area contributed by atoms with E-state index in [1.165, 1.54) is 0 Å². The van der Waals surface area contributed by atoms with Gasteiger partial charge in [-0.15, -0.1) is 24.0 Å². The Bertz CT molecular complexity index is 719. The number of piperazine rings is 1. The van der Waals surface area contributed by atoms with E-state index >= 15 is 0 Å². The summed E-state index contributed by atoms with van der Waals surface area (Å²) in [5.41, 5.74) is 1.77. The van der Waals surface area contributed by atoms with Crippen LogP contribution in [0, 0.1) is 11.3 Å². The largest absolute Gasteiger partial charge is 0.378 e. The van der Waals surface area contributed by atoms with Crippen LogP contribution >= 0.6 is 24.0 Å². The summed E-state index contributed by atoms with van der Waals surface area (Å²) in [6, 6.07) is 9.68. The van der Waals surface area contributed by atoms with Crippen molar-refractivity contribution in [3.8, 4) is 6.07 Å². The standard InChI is InChI=1S/C20H28N6O2.HI/c1-22-20(23-15-18-4-2-17(14-21)3-5-18)26-8-6-24(7-9-26)16-19(27)25-10-12-28-13-11-25;/h2-5H,6-13,15-16H2,1H3,(H,22,23);1H. The molecule has 0 aromatic heterocycles. The van der Waals surface area contributed by atoms with Crippen molar-refractivity contribution in [2.75, 3.05) is 66.1 Å². The number of carbonyl (C=O) groups is 1. The Kier molecular flexibility index (Phi) is 9.63. The molecule has 29 heavy (non-hydrogen) atoms. The van der Waals surface area contributed by atoms with Crippen LogP contribution in [0.5, 0.6) is 0 Å². The summed E-state index contributed by atoms with van der Waals surface area (Å²) in [5.74, 6) is 1.06. The van der Waals surface area contributed by atoms with Gasteiger partial charge in [0.1, 0.15) is 0 Å². The van der Waals surface area contributed by atoms with E-state index in [2.05, 4.69) is 26.2 Å². The molecule has 2 saturated heterocycles. The number of guanidine groups is 1. The SMILES string of the molecule is CN=C(NCc1ccc(C#N)cc1)N1CCN(CC(=O)N2CCOCC2)CC1.I. The molecular weight excluding hydrogens is 483 g/mol. The van der Waals surface area contributed by atoms with E-state index < -0.39 is 0 Å². The summed E-state index contributed by atoms with van der Waals surface area (Å²) in [7, 11) is 1.79. The molecule has 0 spiro atoms. The number of hydrogen-bond acceptors (Lipinski definition) is 5. The average Bonchev–Trinajstić information content (AvgIpc) is 2.76. The lowest BCUT2D eigenvalue weighted by Crippen LogP contribution is -2.54. The van der Waals surface area contributed by atoms with Crippen LogP contribution in [0.3, 0.4) is 0 Å². The number of rotatable bonds is 4. The predicted octanol–water partition coefficient (Wildman–Crippen LogP) is 0.728. The first kappa shape index (κ1) is 23.4. The summed E-state index contributed by atoms with van der Waals surface area (Å²) in [5, 5.41) is 12.3. The maximum absolute atomic E-state index is 12.4. The van der Waals surface area contributed by atoms with Crippen molar-refractivity contribution in [2.45, 2.75) is 6.54 Å². The Morgan fingerprint density at radius 3 is 2.34 bits per heavy atom. The summed E-state index contributed by atoms with van der Waals surface area (Å²) >= 11 is 0. The molecule has 1 aromatic rings. The first-order chi connectivity index (χ1) is 13.7. The molecule has 0 atom stereocenters. The van der Waals surface area contributed by atoms with E-state index in [-0.39, 0.29) is 29.9 Å². The molecule has 2 aliphatic rings. The molecule has 1 aromatic carbocycles. The molecule has 0 radical (unpaired) electrons. The molecule has 2 fully saturated rings. The van der Waals surface area contributed by atoms with Crippen molar-refractivity contribution < 1.29 is 9.53 Å². The number of halogens is 1. The number of ether oxygens (including phenoxy) is 1. The smallest absolute Gasteiger partial charge is 0.236 e. The van der Waals surface area contributed by atoms with Gasteiger partial charge < -0.3 is 19.9 Å².